The van der Waals surface area contributed by atoms with Gasteiger partial charge in [0.05, 0.1) is 4.90 Å². The molecule has 0 fully saturated rings. The van der Waals surface area contributed by atoms with Crippen LogP contribution in [0.2, 0.25) is 0 Å². The first-order valence-electron chi connectivity index (χ1n) is 7.00. The summed E-state index contributed by atoms with van der Waals surface area (Å²) in [7, 11) is -0.0990. The summed E-state index contributed by atoms with van der Waals surface area (Å²) in [5, 5.41) is 0. The molecule has 0 bridgehead atoms. The third kappa shape index (κ3) is 4.18. The summed E-state index contributed by atoms with van der Waals surface area (Å²) in [6.45, 7) is 1.92. The molecule has 0 N–H and O–H groups in total. The average Bonchev–Trinajstić information content (AvgIpc) is 2.48. The SMILES string of the molecule is Cc1ccc(S(=O)(=O)N=C(Cc2ccccc2)N(C)C)cc1. The minimum atomic E-state index is -3.70. The average molecular weight is 316 g/mol. The van der Waals surface area contributed by atoms with Crippen LogP contribution in [-0.4, -0.2) is 33.2 Å². The molecular weight excluding hydrogens is 296 g/mol. The fraction of sp³-hybridized carbons (Fsp3) is 0.235. The van der Waals surface area contributed by atoms with Gasteiger partial charge in [0.1, 0.15) is 5.84 Å². The molecule has 0 atom stereocenters. The van der Waals surface area contributed by atoms with Crippen LogP contribution in [-0.2, 0) is 16.4 Å². The number of benzene rings is 2. The molecule has 0 aliphatic rings. The molecule has 0 aliphatic carbocycles. The first-order valence-corrected chi connectivity index (χ1v) is 8.44. The zero-order chi connectivity index (χ0) is 16.2. The van der Waals surface area contributed by atoms with Crippen LogP contribution in [0.5, 0.6) is 0 Å². The second-order valence-corrected chi connectivity index (χ2v) is 6.96. The Labute approximate surface area is 132 Å². The number of aryl methyl sites for hydroxylation is 1. The summed E-state index contributed by atoms with van der Waals surface area (Å²) < 4.78 is 28.9. The maximum Gasteiger partial charge on any atom is 0.283 e. The zero-order valence-corrected chi connectivity index (χ0v) is 13.8. The minimum Gasteiger partial charge on any atom is -0.365 e. The molecule has 4 nitrogen and oxygen atoms in total. The first kappa shape index (κ1) is 16.2. The number of sulfonamides is 1. The van der Waals surface area contributed by atoms with Crippen LogP contribution in [0.1, 0.15) is 11.1 Å². The molecule has 0 saturated heterocycles. The van der Waals surface area contributed by atoms with Crippen molar-refractivity contribution in [2.75, 3.05) is 14.1 Å². The summed E-state index contributed by atoms with van der Waals surface area (Å²) in [5.41, 5.74) is 2.04. The third-order valence-electron chi connectivity index (χ3n) is 3.27. The quantitative estimate of drug-likeness (QED) is 0.644. The summed E-state index contributed by atoms with van der Waals surface area (Å²) in [6.07, 6.45) is 0.471. The lowest BCUT2D eigenvalue weighted by Gasteiger charge is -2.16. The van der Waals surface area contributed by atoms with Crippen molar-refractivity contribution in [2.24, 2.45) is 4.40 Å². The van der Waals surface area contributed by atoms with Crippen LogP contribution < -0.4 is 0 Å². The van der Waals surface area contributed by atoms with Gasteiger partial charge in [0.15, 0.2) is 0 Å². The summed E-state index contributed by atoms with van der Waals surface area (Å²) in [5.74, 6) is 0.506. The molecule has 5 heteroatoms. The van der Waals surface area contributed by atoms with Gasteiger partial charge in [-0.15, -0.1) is 4.40 Å². The van der Waals surface area contributed by atoms with Crippen molar-refractivity contribution in [1.82, 2.24) is 4.90 Å². The van der Waals surface area contributed by atoms with E-state index in [4.69, 9.17) is 0 Å². The molecule has 2 rings (SSSR count). The number of nitrogens with zero attached hydrogens (tertiary/aromatic N) is 2. The molecule has 0 amide bonds. The van der Waals surface area contributed by atoms with Crippen LogP contribution in [0, 0.1) is 6.92 Å². The molecular formula is C17H20N2O2S. The van der Waals surface area contributed by atoms with Crippen LogP contribution in [0.25, 0.3) is 0 Å². The van der Waals surface area contributed by atoms with Gasteiger partial charge >= 0.3 is 0 Å². The van der Waals surface area contributed by atoms with Gasteiger partial charge in [0.2, 0.25) is 0 Å². The highest BCUT2D eigenvalue weighted by Crippen LogP contribution is 2.14. The molecule has 0 unspecified atom stereocenters. The monoisotopic (exact) mass is 316 g/mol. The topological polar surface area (TPSA) is 49.7 Å². The Morgan fingerprint density at radius 2 is 1.59 bits per heavy atom. The van der Waals surface area contributed by atoms with Gasteiger partial charge in [-0.05, 0) is 24.6 Å². The summed E-state index contributed by atoms with van der Waals surface area (Å²) in [4.78, 5) is 1.95. The Hall–Kier alpha value is -2.14. The molecule has 0 aromatic heterocycles. The zero-order valence-electron chi connectivity index (χ0n) is 13.0. The van der Waals surface area contributed by atoms with Crippen molar-refractivity contribution < 1.29 is 8.42 Å². The van der Waals surface area contributed by atoms with E-state index in [1.165, 1.54) is 0 Å². The summed E-state index contributed by atoms with van der Waals surface area (Å²) in [6, 6.07) is 16.4. The lowest BCUT2D eigenvalue weighted by molar-refractivity contribution is 0.588. The van der Waals surface area contributed by atoms with Gasteiger partial charge in [-0.2, -0.15) is 8.42 Å². The predicted octanol–water partition coefficient (Wildman–Crippen LogP) is 2.89. The van der Waals surface area contributed by atoms with E-state index >= 15 is 0 Å². The highest BCUT2D eigenvalue weighted by Gasteiger charge is 2.15. The Morgan fingerprint density at radius 1 is 1.00 bits per heavy atom. The molecule has 116 valence electrons. The number of rotatable bonds is 4. The number of hydrogen-bond donors (Lipinski definition) is 0. The summed E-state index contributed by atoms with van der Waals surface area (Å²) >= 11 is 0. The number of hydrogen-bond acceptors (Lipinski definition) is 2. The van der Waals surface area contributed by atoms with Crippen molar-refractivity contribution in [1.29, 1.82) is 0 Å². The standard InChI is InChI=1S/C17H20N2O2S/c1-14-9-11-16(12-10-14)22(20,21)18-17(19(2)3)13-15-7-5-4-6-8-15/h4-12H,13H2,1-3H3. The second-order valence-electron chi connectivity index (χ2n) is 5.35. The Kier molecular flexibility index (Phi) is 4.98. The van der Waals surface area contributed by atoms with Gasteiger partial charge < -0.3 is 4.90 Å². The number of likely N-dealkylation sites (N-methyl/N-ethyl adjacent to an activating group) is 1. The Balaban J connectivity index is 2.34. The Bertz CT molecular complexity index is 749. The van der Waals surface area contributed by atoms with E-state index in [1.807, 2.05) is 37.3 Å². The van der Waals surface area contributed by atoms with E-state index in [1.54, 1.807) is 43.3 Å². The van der Waals surface area contributed by atoms with Crippen molar-refractivity contribution in [3.05, 3.63) is 65.7 Å². The van der Waals surface area contributed by atoms with Crippen molar-refractivity contribution in [3.8, 4) is 0 Å². The lowest BCUT2D eigenvalue weighted by atomic mass is 10.1. The van der Waals surface area contributed by atoms with E-state index in [9.17, 15) is 8.42 Å². The maximum absolute atomic E-state index is 12.4. The predicted molar refractivity (Wildman–Crippen MR) is 89.6 cm³/mol. The lowest BCUT2D eigenvalue weighted by Crippen LogP contribution is -2.25. The second kappa shape index (κ2) is 6.75. The molecule has 0 saturated carbocycles. The highest BCUT2D eigenvalue weighted by molar-refractivity contribution is 7.90. The molecule has 2 aromatic carbocycles. The van der Waals surface area contributed by atoms with Crippen LogP contribution in [0.4, 0.5) is 0 Å². The van der Waals surface area contributed by atoms with Gasteiger partial charge in [-0.25, -0.2) is 0 Å². The van der Waals surface area contributed by atoms with E-state index in [0.717, 1.165) is 11.1 Å². The third-order valence-corrected chi connectivity index (χ3v) is 4.58. The molecule has 0 aliphatic heterocycles. The maximum atomic E-state index is 12.4. The fourth-order valence-electron chi connectivity index (χ4n) is 1.95. The smallest absolute Gasteiger partial charge is 0.283 e. The van der Waals surface area contributed by atoms with E-state index in [0.29, 0.717) is 12.3 Å². The fourth-order valence-corrected chi connectivity index (χ4v) is 3.04. The van der Waals surface area contributed by atoms with Crippen LogP contribution in [0.3, 0.4) is 0 Å². The van der Waals surface area contributed by atoms with E-state index in [2.05, 4.69) is 4.40 Å². The molecule has 0 radical (unpaired) electrons. The van der Waals surface area contributed by atoms with Crippen LogP contribution in [0.15, 0.2) is 63.9 Å². The van der Waals surface area contributed by atoms with Gasteiger partial charge in [0, 0.05) is 20.5 Å². The Morgan fingerprint density at radius 3 is 2.14 bits per heavy atom. The van der Waals surface area contributed by atoms with E-state index < -0.39 is 10.0 Å². The largest absolute Gasteiger partial charge is 0.365 e. The molecule has 0 spiro atoms. The first-order chi connectivity index (χ1) is 10.4. The van der Waals surface area contributed by atoms with Gasteiger partial charge in [-0.1, -0.05) is 48.0 Å². The van der Waals surface area contributed by atoms with E-state index in [-0.39, 0.29) is 4.90 Å². The van der Waals surface area contributed by atoms with Crippen molar-refractivity contribution in [2.45, 2.75) is 18.2 Å². The molecule has 2 aromatic rings. The highest BCUT2D eigenvalue weighted by atomic mass is 32.2. The van der Waals surface area contributed by atoms with Crippen molar-refractivity contribution >= 4 is 15.9 Å². The van der Waals surface area contributed by atoms with Crippen molar-refractivity contribution in [3.63, 3.8) is 0 Å². The minimum absolute atomic E-state index is 0.213. The van der Waals surface area contributed by atoms with Gasteiger partial charge in [-0.3, -0.25) is 0 Å². The number of amidine groups is 1. The van der Waals surface area contributed by atoms with Crippen LogP contribution >= 0.6 is 0 Å². The van der Waals surface area contributed by atoms with Gasteiger partial charge in [0.25, 0.3) is 10.0 Å². The normalized spacial score (nSPS) is 12.2. The molecule has 22 heavy (non-hydrogen) atoms. The molecule has 0 heterocycles.